The fourth-order valence-electron chi connectivity index (χ4n) is 2.86. The highest BCUT2D eigenvalue weighted by Crippen LogP contribution is 2.31. The monoisotopic (exact) mass is 388 g/mol. The molecule has 0 aliphatic carbocycles. The van der Waals surface area contributed by atoms with Crippen LogP contribution >= 0.6 is 36.2 Å². The standard InChI is InChI=1S/C16H20N4OS.2ClH/c1-11-8-12-4-2-3-5-14(12)20(11)7-6-18-16(21)13-10-22-15(9-17)19-13;;/h2-5,10-11H,6-9,17H2,1H3,(H,18,21);2*1H. The molecule has 0 saturated carbocycles. The van der Waals surface area contributed by atoms with E-state index in [4.69, 9.17) is 5.73 Å². The van der Waals surface area contributed by atoms with Crippen molar-refractivity contribution in [1.29, 1.82) is 0 Å². The average Bonchev–Trinajstić information content (AvgIpc) is 3.12. The number of benzene rings is 1. The minimum absolute atomic E-state index is 0. The zero-order valence-electron chi connectivity index (χ0n) is 13.4. The Bertz CT molecular complexity index is 680. The molecule has 2 heterocycles. The summed E-state index contributed by atoms with van der Waals surface area (Å²) in [6.07, 6.45) is 1.07. The summed E-state index contributed by atoms with van der Waals surface area (Å²) in [5.41, 5.74) is 8.64. The van der Waals surface area contributed by atoms with Crippen molar-refractivity contribution in [1.82, 2.24) is 10.3 Å². The Hall–Kier alpha value is -1.34. The molecule has 5 nitrogen and oxygen atoms in total. The predicted molar refractivity (Wildman–Crippen MR) is 104 cm³/mol. The second kappa shape index (κ2) is 9.22. The smallest absolute Gasteiger partial charge is 0.270 e. The molecule has 2 aromatic rings. The maximum Gasteiger partial charge on any atom is 0.270 e. The number of para-hydroxylation sites is 1. The molecule has 0 bridgehead atoms. The van der Waals surface area contributed by atoms with Crippen molar-refractivity contribution < 1.29 is 4.79 Å². The van der Waals surface area contributed by atoms with Gasteiger partial charge in [-0.05, 0) is 25.0 Å². The van der Waals surface area contributed by atoms with Gasteiger partial charge in [0.05, 0.1) is 0 Å². The van der Waals surface area contributed by atoms with Crippen LogP contribution in [0.3, 0.4) is 0 Å². The van der Waals surface area contributed by atoms with Crippen LogP contribution in [0.1, 0.15) is 28.0 Å². The maximum atomic E-state index is 12.0. The number of aromatic nitrogens is 1. The van der Waals surface area contributed by atoms with Gasteiger partial charge in [0.15, 0.2) is 0 Å². The van der Waals surface area contributed by atoms with Crippen molar-refractivity contribution in [3.05, 3.63) is 45.9 Å². The molecule has 1 unspecified atom stereocenters. The topological polar surface area (TPSA) is 71.2 Å². The van der Waals surface area contributed by atoms with E-state index in [0.717, 1.165) is 18.0 Å². The lowest BCUT2D eigenvalue weighted by atomic mass is 10.1. The van der Waals surface area contributed by atoms with Gasteiger partial charge in [0.2, 0.25) is 0 Å². The largest absolute Gasteiger partial charge is 0.367 e. The number of thiazole rings is 1. The van der Waals surface area contributed by atoms with Gasteiger partial charge in [-0.25, -0.2) is 4.98 Å². The molecule has 1 aromatic heterocycles. The van der Waals surface area contributed by atoms with E-state index >= 15 is 0 Å². The second-order valence-corrected chi connectivity index (χ2v) is 6.40. The zero-order valence-corrected chi connectivity index (χ0v) is 15.8. The lowest BCUT2D eigenvalue weighted by Gasteiger charge is -2.24. The number of fused-ring (bicyclic) bond motifs is 1. The normalized spacial score (nSPS) is 15.2. The van der Waals surface area contributed by atoms with E-state index in [-0.39, 0.29) is 30.7 Å². The van der Waals surface area contributed by atoms with Gasteiger partial charge in [-0.2, -0.15) is 0 Å². The van der Waals surface area contributed by atoms with E-state index in [1.807, 2.05) is 0 Å². The van der Waals surface area contributed by atoms with Gasteiger partial charge in [0.1, 0.15) is 10.7 Å². The minimum atomic E-state index is -0.129. The van der Waals surface area contributed by atoms with Crippen LogP contribution in [0.2, 0.25) is 0 Å². The highest BCUT2D eigenvalue weighted by Gasteiger charge is 2.24. The van der Waals surface area contributed by atoms with Crippen molar-refractivity contribution in [3.8, 4) is 0 Å². The first-order valence-corrected chi connectivity index (χ1v) is 8.34. The number of amides is 1. The van der Waals surface area contributed by atoms with Crippen molar-refractivity contribution in [2.24, 2.45) is 5.73 Å². The number of rotatable bonds is 5. The van der Waals surface area contributed by atoms with Crippen LogP contribution in [0, 0.1) is 0 Å². The van der Waals surface area contributed by atoms with Gasteiger partial charge >= 0.3 is 0 Å². The number of nitrogens with one attached hydrogen (secondary N) is 1. The Kier molecular flexibility index (Phi) is 7.96. The maximum absolute atomic E-state index is 12.0. The lowest BCUT2D eigenvalue weighted by Crippen LogP contribution is -2.38. The molecular weight excluding hydrogens is 367 g/mol. The van der Waals surface area contributed by atoms with Crippen molar-refractivity contribution in [3.63, 3.8) is 0 Å². The number of halogens is 2. The number of carbonyl (C=O) groups excluding carboxylic acids is 1. The van der Waals surface area contributed by atoms with E-state index < -0.39 is 0 Å². The van der Waals surface area contributed by atoms with Crippen LogP contribution in [0.4, 0.5) is 5.69 Å². The number of nitrogens with zero attached hydrogens (tertiary/aromatic N) is 2. The van der Waals surface area contributed by atoms with Crippen LogP contribution in [-0.2, 0) is 13.0 Å². The summed E-state index contributed by atoms with van der Waals surface area (Å²) in [6.45, 7) is 4.00. The molecule has 3 rings (SSSR count). The summed E-state index contributed by atoms with van der Waals surface area (Å²) in [4.78, 5) is 18.6. The SMILES string of the molecule is CC1Cc2ccccc2N1CCNC(=O)c1csc(CN)n1.Cl.Cl. The third-order valence-electron chi connectivity index (χ3n) is 3.95. The van der Waals surface area contributed by atoms with Crippen molar-refractivity contribution in [2.75, 3.05) is 18.0 Å². The molecule has 3 N–H and O–H groups in total. The van der Waals surface area contributed by atoms with E-state index in [1.54, 1.807) is 5.38 Å². The van der Waals surface area contributed by atoms with Crippen LogP contribution in [0.5, 0.6) is 0 Å². The fourth-order valence-corrected chi connectivity index (χ4v) is 3.51. The molecule has 1 amide bonds. The summed E-state index contributed by atoms with van der Waals surface area (Å²) in [5.74, 6) is -0.129. The minimum Gasteiger partial charge on any atom is -0.367 e. The highest BCUT2D eigenvalue weighted by atomic mass is 35.5. The Balaban J connectivity index is 0.00000144. The zero-order chi connectivity index (χ0) is 15.5. The van der Waals surface area contributed by atoms with Crippen LogP contribution in [0.15, 0.2) is 29.6 Å². The van der Waals surface area contributed by atoms with Crippen LogP contribution in [0.25, 0.3) is 0 Å². The quantitative estimate of drug-likeness (QED) is 0.825. The Labute approximate surface area is 158 Å². The average molecular weight is 389 g/mol. The molecule has 0 radical (unpaired) electrons. The third-order valence-corrected chi connectivity index (χ3v) is 4.82. The summed E-state index contributed by atoms with van der Waals surface area (Å²) < 4.78 is 0. The van der Waals surface area contributed by atoms with Crippen LogP contribution in [-0.4, -0.2) is 30.0 Å². The molecule has 1 aliphatic rings. The van der Waals surface area contributed by atoms with Gasteiger partial charge in [-0.3, -0.25) is 4.79 Å². The van der Waals surface area contributed by atoms with E-state index in [9.17, 15) is 4.79 Å². The van der Waals surface area contributed by atoms with E-state index in [0.29, 0.717) is 24.8 Å². The first-order valence-electron chi connectivity index (χ1n) is 7.46. The number of anilines is 1. The lowest BCUT2D eigenvalue weighted by molar-refractivity contribution is 0.0950. The summed E-state index contributed by atoms with van der Waals surface area (Å²) in [6, 6.07) is 8.93. The van der Waals surface area contributed by atoms with Crippen molar-refractivity contribution in [2.45, 2.75) is 25.9 Å². The Morgan fingerprint density at radius 2 is 2.17 bits per heavy atom. The molecule has 0 spiro atoms. The number of carbonyl (C=O) groups is 1. The molecule has 1 atom stereocenters. The van der Waals surface area contributed by atoms with Crippen molar-refractivity contribution >= 4 is 47.7 Å². The number of hydrogen-bond acceptors (Lipinski definition) is 5. The molecular formula is C16H22Cl2N4OS. The molecule has 132 valence electrons. The van der Waals surface area contributed by atoms with Gasteiger partial charge < -0.3 is 16.0 Å². The molecule has 24 heavy (non-hydrogen) atoms. The molecule has 0 fully saturated rings. The predicted octanol–water partition coefficient (Wildman–Crippen LogP) is 2.63. The highest BCUT2D eigenvalue weighted by molar-refractivity contribution is 7.09. The molecule has 1 aromatic carbocycles. The second-order valence-electron chi connectivity index (χ2n) is 5.46. The van der Waals surface area contributed by atoms with Gasteiger partial charge in [-0.1, -0.05) is 18.2 Å². The Morgan fingerprint density at radius 3 is 2.88 bits per heavy atom. The van der Waals surface area contributed by atoms with E-state index in [2.05, 4.69) is 46.4 Å². The molecule has 1 aliphatic heterocycles. The summed E-state index contributed by atoms with van der Waals surface area (Å²) in [5, 5.41) is 5.48. The van der Waals surface area contributed by atoms with Gasteiger partial charge in [0, 0.05) is 36.7 Å². The third kappa shape index (κ3) is 4.39. The summed E-state index contributed by atoms with van der Waals surface area (Å²) in [7, 11) is 0. The van der Waals surface area contributed by atoms with Gasteiger partial charge in [-0.15, -0.1) is 36.2 Å². The van der Waals surface area contributed by atoms with E-state index in [1.165, 1.54) is 22.6 Å². The summed E-state index contributed by atoms with van der Waals surface area (Å²) >= 11 is 1.42. The molecule has 8 heteroatoms. The van der Waals surface area contributed by atoms with Crippen LogP contribution < -0.4 is 16.0 Å². The Morgan fingerprint density at radius 1 is 1.42 bits per heavy atom. The van der Waals surface area contributed by atoms with Gasteiger partial charge in [0.25, 0.3) is 5.91 Å². The first kappa shape index (κ1) is 20.7. The molecule has 0 saturated heterocycles. The first-order chi connectivity index (χ1) is 10.7. The fraction of sp³-hybridized carbons (Fsp3) is 0.375. The number of hydrogen-bond donors (Lipinski definition) is 2. The number of nitrogens with two attached hydrogens (primary N) is 1.